The lowest BCUT2D eigenvalue weighted by Crippen LogP contribution is -2.09. The molecule has 0 aliphatic heterocycles. The molecule has 0 unspecified atom stereocenters. The first-order chi connectivity index (χ1) is 12.2. The van der Waals surface area contributed by atoms with Gasteiger partial charge in [-0.05, 0) is 23.3 Å². The molecule has 4 aromatic rings. The Morgan fingerprint density at radius 1 is 1.08 bits per heavy atom. The number of halogens is 1. The quantitative estimate of drug-likeness (QED) is 0.424. The molecule has 0 bridgehead atoms. The van der Waals surface area contributed by atoms with Crippen LogP contribution in [0.15, 0.2) is 70.7 Å². The van der Waals surface area contributed by atoms with Gasteiger partial charge >= 0.3 is 0 Å². The molecule has 4 rings (SSSR count). The monoisotopic (exact) mass is 351 g/mol. The van der Waals surface area contributed by atoms with Crippen LogP contribution >= 0.6 is 11.8 Å². The van der Waals surface area contributed by atoms with Crippen LogP contribution in [0, 0.1) is 5.82 Å². The van der Waals surface area contributed by atoms with E-state index in [9.17, 15) is 9.18 Å². The second-order valence-corrected chi connectivity index (χ2v) is 6.55. The van der Waals surface area contributed by atoms with Crippen LogP contribution in [0.1, 0.15) is 5.56 Å². The van der Waals surface area contributed by atoms with Gasteiger partial charge in [-0.15, -0.1) is 0 Å². The third kappa shape index (κ3) is 3.21. The van der Waals surface area contributed by atoms with Crippen LogP contribution in [0.4, 0.5) is 4.39 Å². The van der Waals surface area contributed by atoms with E-state index in [-0.39, 0.29) is 11.4 Å². The van der Waals surface area contributed by atoms with Crippen molar-refractivity contribution >= 4 is 22.8 Å². The number of nitrogens with zero attached hydrogens (tertiary/aromatic N) is 1. The molecule has 6 heteroatoms. The first-order valence-corrected chi connectivity index (χ1v) is 8.73. The van der Waals surface area contributed by atoms with E-state index in [1.165, 1.54) is 23.9 Å². The highest BCUT2D eigenvalue weighted by atomic mass is 32.2. The van der Waals surface area contributed by atoms with Gasteiger partial charge in [-0.2, -0.15) is 0 Å². The lowest BCUT2D eigenvalue weighted by molar-refractivity contribution is 0.626. The molecule has 2 aromatic heterocycles. The third-order valence-corrected chi connectivity index (χ3v) is 4.81. The highest BCUT2D eigenvalue weighted by Gasteiger charge is 2.12. The maximum atomic E-state index is 13.3. The Kier molecular flexibility index (Phi) is 4.11. The topological polar surface area (TPSA) is 61.5 Å². The minimum absolute atomic E-state index is 0.214. The lowest BCUT2D eigenvalue weighted by Gasteiger charge is -2.03. The van der Waals surface area contributed by atoms with E-state index >= 15 is 0 Å². The number of benzene rings is 2. The third-order valence-electron chi connectivity index (χ3n) is 3.86. The zero-order valence-electron chi connectivity index (χ0n) is 13.1. The summed E-state index contributed by atoms with van der Waals surface area (Å²) in [6.45, 7) is 0. The van der Waals surface area contributed by atoms with Gasteiger partial charge in [0.1, 0.15) is 16.9 Å². The van der Waals surface area contributed by atoms with Crippen LogP contribution in [0.3, 0.4) is 0 Å². The van der Waals surface area contributed by atoms with Crippen molar-refractivity contribution in [1.82, 2.24) is 15.0 Å². The number of hydrogen-bond acceptors (Lipinski definition) is 3. The predicted molar refractivity (Wildman–Crippen MR) is 98.1 cm³/mol. The molecule has 2 aromatic carbocycles. The van der Waals surface area contributed by atoms with Gasteiger partial charge in [0, 0.05) is 17.5 Å². The van der Waals surface area contributed by atoms with Crippen LogP contribution in [0.2, 0.25) is 0 Å². The van der Waals surface area contributed by atoms with Gasteiger partial charge in [-0.1, -0.05) is 54.2 Å². The molecular formula is C19H14FN3OS. The van der Waals surface area contributed by atoms with Gasteiger partial charge in [0.25, 0.3) is 5.56 Å². The van der Waals surface area contributed by atoms with Crippen molar-refractivity contribution in [3.8, 4) is 11.1 Å². The molecule has 4 nitrogen and oxygen atoms in total. The van der Waals surface area contributed by atoms with Crippen LogP contribution < -0.4 is 5.56 Å². The second-order valence-electron chi connectivity index (χ2n) is 5.58. The molecule has 0 amide bonds. The molecule has 0 atom stereocenters. The molecular weight excluding hydrogens is 337 g/mol. The lowest BCUT2D eigenvalue weighted by atomic mass is 10.1. The Hall–Kier alpha value is -2.86. The van der Waals surface area contributed by atoms with Gasteiger partial charge in [0.2, 0.25) is 0 Å². The van der Waals surface area contributed by atoms with Crippen molar-refractivity contribution in [3.63, 3.8) is 0 Å². The SMILES string of the molecule is O=c1[nH]c(SCc2cccc(F)c2)nc2c(-c3ccccc3)c[nH]c12. The van der Waals surface area contributed by atoms with Crippen LogP contribution in [-0.2, 0) is 5.75 Å². The minimum atomic E-state index is -0.271. The van der Waals surface area contributed by atoms with E-state index in [0.29, 0.717) is 21.9 Å². The highest BCUT2D eigenvalue weighted by molar-refractivity contribution is 7.98. The van der Waals surface area contributed by atoms with E-state index in [4.69, 9.17) is 0 Å². The Bertz CT molecular complexity index is 1090. The molecule has 2 N–H and O–H groups in total. The number of thioether (sulfide) groups is 1. The maximum Gasteiger partial charge on any atom is 0.275 e. The summed E-state index contributed by atoms with van der Waals surface area (Å²) in [6.07, 6.45) is 1.79. The molecule has 0 fully saturated rings. The summed E-state index contributed by atoms with van der Waals surface area (Å²) < 4.78 is 13.3. The number of nitrogens with one attached hydrogen (secondary N) is 2. The molecule has 0 saturated heterocycles. The predicted octanol–water partition coefficient (Wildman–Crippen LogP) is 4.35. The van der Waals surface area contributed by atoms with Crippen molar-refractivity contribution < 1.29 is 4.39 Å². The van der Waals surface area contributed by atoms with Gasteiger partial charge < -0.3 is 4.98 Å². The van der Waals surface area contributed by atoms with Crippen molar-refractivity contribution in [2.24, 2.45) is 0 Å². The van der Waals surface area contributed by atoms with Crippen LogP contribution in [0.25, 0.3) is 22.2 Å². The zero-order chi connectivity index (χ0) is 17.2. The largest absolute Gasteiger partial charge is 0.355 e. The van der Waals surface area contributed by atoms with Crippen molar-refractivity contribution in [2.45, 2.75) is 10.9 Å². The van der Waals surface area contributed by atoms with Crippen molar-refractivity contribution in [1.29, 1.82) is 0 Å². The number of rotatable bonds is 4. The molecule has 0 aliphatic carbocycles. The summed E-state index contributed by atoms with van der Waals surface area (Å²) in [5, 5.41) is 0.513. The highest BCUT2D eigenvalue weighted by Crippen LogP contribution is 2.27. The fraction of sp³-hybridized carbons (Fsp3) is 0.0526. The fourth-order valence-corrected chi connectivity index (χ4v) is 3.48. The smallest absolute Gasteiger partial charge is 0.275 e. The standard InChI is InChI=1S/C19H14FN3OS/c20-14-8-4-5-12(9-14)11-25-19-22-16-15(13-6-2-1-3-7-13)10-21-17(16)18(24)23-19/h1-10,21H,11H2,(H,22,23,24). The summed E-state index contributed by atoms with van der Waals surface area (Å²) in [7, 11) is 0. The van der Waals surface area contributed by atoms with E-state index in [1.54, 1.807) is 12.3 Å². The first kappa shape index (κ1) is 15.7. The van der Waals surface area contributed by atoms with Gasteiger partial charge in [-0.3, -0.25) is 9.78 Å². The fourth-order valence-electron chi connectivity index (χ4n) is 2.68. The Labute approximate surface area is 147 Å². The number of H-pyrrole nitrogens is 2. The zero-order valence-corrected chi connectivity index (χ0v) is 13.9. The van der Waals surface area contributed by atoms with Crippen molar-refractivity contribution in [2.75, 3.05) is 0 Å². The van der Waals surface area contributed by atoms with E-state index in [0.717, 1.165) is 16.7 Å². The minimum Gasteiger partial charge on any atom is -0.355 e. The van der Waals surface area contributed by atoms with Crippen molar-refractivity contribution in [3.05, 3.63) is 82.5 Å². The summed E-state index contributed by atoms with van der Waals surface area (Å²) in [5.41, 5.74) is 3.59. The summed E-state index contributed by atoms with van der Waals surface area (Å²) >= 11 is 1.37. The molecule has 0 radical (unpaired) electrons. The summed E-state index contributed by atoms with van der Waals surface area (Å²) in [4.78, 5) is 22.7. The molecule has 0 aliphatic rings. The number of hydrogen-bond donors (Lipinski definition) is 2. The molecule has 0 spiro atoms. The number of aromatic amines is 2. The molecule has 25 heavy (non-hydrogen) atoms. The summed E-state index contributed by atoms with van der Waals surface area (Å²) in [6, 6.07) is 16.2. The van der Waals surface area contributed by atoms with Gasteiger partial charge in [0.15, 0.2) is 5.16 Å². The van der Waals surface area contributed by atoms with E-state index < -0.39 is 0 Å². The Morgan fingerprint density at radius 3 is 2.72 bits per heavy atom. The molecule has 0 saturated carbocycles. The maximum absolute atomic E-state index is 13.3. The second kappa shape index (κ2) is 6.57. The van der Waals surface area contributed by atoms with E-state index in [2.05, 4.69) is 15.0 Å². The van der Waals surface area contributed by atoms with Crippen LogP contribution in [0.5, 0.6) is 0 Å². The summed E-state index contributed by atoms with van der Waals surface area (Å²) in [5.74, 6) is 0.254. The Balaban J connectivity index is 1.70. The molecule has 2 heterocycles. The van der Waals surface area contributed by atoms with Gasteiger partial charge in [0.05, 0.1) is 0 Å². The average Bonchev–Trinajstić information content (AvgIpc) is 3.05. The number of fused-ring (bicyclic) bond motifs is 1. The number of aromatic nitrogens is 3. The molecule has 124 valence electrons. The Morgan fingerprint density at radius 2 is 1.92 bits per heavy atom. The average molecular weight is 351 g/mol. The van der Waals surface area contributed by atoms with E-state index in [1.807, 2.05) is 36.4 Å². The van der Waals surface area contributed by atoms with Crippen LogP contribution in [-0.4, -0.2) is 15.0 Å². The normalized spacial score (nSPS) is 11.1. The first-order valence-electron chi connectivity index (χ1n) is 7.75. The van der Waals surface area contributed by atoms with Gasteiger partial charge in [-0.25, -0.2) is 9.37 Å².